The lowest BCUT2D eigenvalue weighted by Crippen LogP contribution is -2.07. The van der Waals surface area contributed by atoms with Crippen LogP contribution in [0.4, 0.5) is 13.2 Å². The Labute approximate surface area is 128 Å². The number of aromatic nitrogens is 1. The highest BCUT2D eigenvalue weighted by atomic mass is 79.9. The summed E-state index contributed by atoms with van der Waals surface area (Å²) in [6, 6.07) is 6.34. The molecule has 1 aromatic heterocycles. The van der Waals surface area contributed by atoms with Crippen molar-refractivity contribution in [2.24, 2.45) is 0 Å². The van der Waals surface area contributed by atoms with Crippen molar-refractivity contribution in [1.82, 2.24) is 10.3 Å². The van der Waals surface area contributed by atoms with Gasteiger partial charge in [-0.2, -0.15) is 13.2 Å². The second-order valence-electron chi connectivity index (χ2n) is 4.27. The largest absolute Gasteiger partial charge is 0.439 e. The van der Waals surface area contributed by atoms with Crippen LogP contribution in [-0.2, 0) is 12.7 Å². The van der Waals surface area contributed by atoms with E-state index in [1.807, 2.05) is 6.07 Å². The van der Waals surface area contributed by atoms with Crippen LogP contribution in [0.5, 0.6) is 11.6 Å². The number of hydrogen-bond acceptors (Lipinski definition) is 3. The quantitative estimate of drug-likeness (QED) is 0.878. The van der Waals surface area contributed by atoms with Crippen molar-refractivity contribution in [2.45, 2.75) is 12.7 Å². The van der Waals surface area contributed by atoms with Gasteiger partial charge in [0.25, 0.3) is 0 Å². The summed E-state index contributed by atoms with van der Waals surface area (Å²) < 4.78 is 43.8. The number of pyridine rings is 1. The van der Waals surface area contributed by atoms with Crippen LogP contribution in [0.1, 0.15) is 11.1 Å². The van der Waals surface area contributed by atoms with Crippen LogP contribution in [0.15, 0.2) is 41.0 Å². The highest BCUT2D eigenvalue weighted by Gasteiger charge is 2.30. The molecule has 0 fully saturated rings. The van der Waals surface area contributed by atoms with Gasteiger partial charge < -0.3 is 10.1 Å². The van der Waals surface area contributed by atoms with E-state index in [4.69, 9.17) is 4.74 Å². The zero-order valence-electron chi connectivity index (χ0n) is 11.0. The number of hydrogen-bond donors (Lipinski definition) is 1. The predicted molar refractivity (Wildman–Crippen MR) is 76.2 cm³/mol. The summed E-state index contributed by atoms with van der Waals surface area (Å²) >= 11 is 3.31. The van der Waals surface area contributed by atoms with Gasteiger partial charge in [-0.25, -0.2) is 4.98 Å². The molecule has 1 N–H and O–H groups in total. The van der Waals surface area contributed by atoms with Gasteiger partial charge in [0.15, 0.2) is 0 Å². The van der Waals surface area contributed by atoms with E-state index in [1.165, 1.54) is 12.1 Å². The molecule has 112 valence electrons. The van der Waals surface area contributed by atoms with Crippen LogP contribution < -0.4 is 10.1 Å². The third-order valence-electron chi connectivity index (χ3n) is 2.66. The average Bonchev–Trinajstić information content (AvgIpc) is 2.42. The highest BCUT2D eigenvalue weighted by Crippen LogP contribution is 2.32. The fraction of sp³-hybridized carbons (Fsp3) is 0.214. The summed E-state index contributed by atoms with van der Waals surface area (Å²) in [5.74, 6) is 0.655. The van der Waals surface area contributed by atoms with Crippen molar-refractivity contribution in [3.8, 4) is 11.6 Å². The first-order valence-electron chi connectivity index (χ1n) is 6.04. The van der Waals surface area contributed by atoms with Crippen molar-refractivity contribution >= 4 is 15.9 Å². The standard InChI is InChI=1S/C14H12BrF3N2O/c1-19-7-9-6-11(15)8-20-13(9)21-12-4-2-10(3-5-12)14(16,17)18/h2-6,8,19H,7H2,1H3. The lowest BCUT2D eigenvalue weighted by atomic mass is 10.2. The van der Waals surface area contributed by atoms with E-state index in [-0.39, 0.29) is 0 Å². The molecule has 0 unspecified atom stereocenters. The fourth-order valence-corrected chi connectivity index (χ4v) is 2.08. The second kappa shape index (κ2) is 6.44. The number of ether oxygens (including phenoxy) is 1. The molecule has 0 radical (unpaired) electrons. The summed E-state index contributed by atoms with van der Waals surface area (Å²) in [6.07, 6.45) is -2.79. The molecular formula is C14H12BrF3N2O. The zero-order valence-corrected chi connectivity index (χ0v) is 12.6. The maximum absolute atomic E-state index is 12.5. The minimum absolute atomic E-state index is 0.301. The number of benzene rings is 1. The van der Waals surface area contributed by atoms with Crippen molar-refractivity contribution in [3.63, 3.8) is 0 Å². The molecule has 0 aliphatic heterocycles. The Hall–Kier alpha value is -1.60. The van der Waals surface area contributed by atoms with Crippen molar-refractivity contribution in [1.29, 1.82) is 0 Å². The van der Waals surface area contributed by atoms with Gasteiger partial charge in [-0.15, -0.1) is 0 Å². The third kappa shape index (κ3) is 4.18. The molecule has 3 nitrogen and oxygen atoms in total. The summed E-state index contributed by atoms with van der Waals surface area (Å²) in [5, 5.41) is 2.98. The maximum Gasteiger partial charge on any atom is 0.416 e. The molecule has 21 heavy (non-hydrogen) atoms. The Bertz CT molecular complexity index is 615. The van der Waals surface area contributed by atoms with Crippen LogP contribution in [0.3, 0.4) is 0 Å². The molecule has 0 bridgehead atoms. The number of rotatable bonds is 4. The van der Waals surface area contributed by atoms with Gasteiger partial charge in [-0.1, -0.05) is 0 Å². The van der Waals surface area contributed by atoms with Gasteiger partial charge in [0.2, 0.25) is 5.88 Å². The first-order valence-corrected chi connectivity index (χ1v) is 6.83. The van der Waals surface area contributed by atoms with Crippen molar-refractivity contribution in [2.75, 3.05) is 7.05 Å². The molecule has 0 saturated carbocycles. The Balaban J connectivity index is 2.22. The summed E-state index contributed by atoms with van der Waals surface area (Å²) in [7, 11) is 1.78. The first kappa shape index (κ1) is 15.8. The van der Waals surface area contributed by atoms with E-state index in [1.54, 1.807) is 13.2 Å². The molecule has 2 aromatic rings. The molecule has 7 heteroatoms. The average molecular weight is 361 g/mol. The van der Waals surface area contributed by atoms with Gasteiger partial charge in [0, 0.05) is 22.8 Å². The third-order valence-corrected chi connectivity index (χ3v) is 3.09. The van der Waals surface area contributed by atoms with Gasteiger partial charge in [-0.3, -0.25) is 0 Å². The summed E-state index contributed by atoms with van der Waals surface area (Å²) in [5.41, 5.74) is 0.0841. The summed E-state index contributed by atoms with van der Waals surface area (Å²) in [4.78, 5) is 4.13. The van der Waals surface area contributed by atoms with Crippen molar-refractivity contribution < 1.29 is 17.9 Å². The molecule has 2 rings (SSSR count). The van der Waals surface area contributed by atoms with E-state index >= 15 is 0 Å². The topological polar surface area (TPSA) is 34.2 Å². The molecular weight excluding hydrogens is 349 g/mol. The molecule has 0 spiro atoms. The highest BCUT2D eigenvalue weighted by molar-refractivity contribution is 9.10. The van der Waals surface area contributed by atoms with Crippen LogP contribution in [0.25, 0.3) is 0 Å². The number of nitrogens with zero attached hydrogens (tertiary/aromatic N) is 1. The zero-order chi connectivity index (χ0) is 15.5. The maximum atomic E-state index is 12.5. The van der Waals surface area contributed by atoms with Gasteiger partial charge in [0.1, 0.15) is 5.75 Å². The molecule has 1 aromatic carbocycles. The Morgan fingerprint density at radius 1 is 1.24 bits per heavy atom. The normalized spacial score (nSPS) is 11.5. The number of halogens is 4. The van der Waals surface area contributed by atoms with E-state index in [2.05, 4.69) is 26.2 Å². The minimum atomic E-state index is -4.36. The number of nitrogens with one attached hydrogen (secondary N) is 1. The Morgan fingerprint density at radius 3 is 2.48 bits per heavy atom. The first-order chi connectivity index (χ1) is 9.90. The molecule has 1 heterocycles. The van der Waals surface area contributed by atoms with E-state index in [0.29, 0.717) is 18.2 Å². The fourth-order valence-electron chi connectivity index (χ4n) is 1.70. The molecule has 0 atom stereocenters. The van der Waals surface area contributed by atoms with Crippen LogP contribution >= 0.6 is 15.9 Å². The van der Waals surface area contributed by atoms with Gasteiger partial charge in [-0.05, 0) is 53.3 Å². The lowest BCUT2D eigenvalue weighted by Gasteiger charge is -2.11. The SMILES string of the molecule is CNCc1cc(Br)cnc1Oc1ccc(C(F)(F)F)cc1. The van der Waals surface area contributed by atoms with E-state index in [0.717, 1.165) is 22.2 Å². The predicted octanol–water partition coefficient (Wildman–Crippen LogP) is 4.37. The monoisotopic (exact) mass is 360 g/mol. The van der Waals surface area contributed by atoms with Crippen molar-refractivity contribution in [3.05, 3.63) is 52.1 Å². The van der Waals surface area contributed by atoms with Crippen LogP contribution in [-0.4, -0.2) is 12.0 Å². The molecule has 0 aliphatic carbocycles. The minimum Gasteiger partial charge on any atom is -0.439 e. The van der Waals surface area contributed by atoms with E-state index in [9.17, 15) is 13.2 Å². The van der Waals surface area contributed by atoms with Crippen LogP contribution in [0.2, 0.25) is 0 Å². The van der Waals surface area contributed by atoms with E-state index < -0.39 is 11.7 Å². The Kier molecular flexibility index (Phi) is 4.84. The van der Waals surface area contributed by atoms with Gasteiger partial charge in [0.05, 0.1) is 5.56 Å². The van der Waals surface area contributed by atoms with Crippen LogP contribution in [0, 0.1) is 0 Å². The Morgan fingerprint density at radius 2 is 1.90 bits per heavy atom. The molecule has 0 aliphatic rings. The smallest absolute Gasteiger partial charge is 0.416 e. The lowest BCUT2D eigenvalue weighted by molar-refractivity contribution is -0.137. The molecule has 0 amide bonds. The van der Waals surface area contributed by atoms with Gasteiger partial charge >= 0.3 is 6.18 Å². The summed E-state index contributed by atoms with van der Waals surface area (Å²) in [6.45, 7) is 0.530. The second-order valence-corrected chi connectivity index (χ2v) is 5.19. The molecule has 0 saturated heterocycles. The number of alkyl halides is 3.